The van der Waals surface area contributed by atoms with Crippen LogP contribution >= 0.6 is 0 Å². The standard InChI is InChI=1S/C21H25FN2O/c1-15-4-3-5-16(2)21(15)23-20(25)14-24(12-17-6-7-17)13-18-8-10-19(22)11-9-18/h3-5,8-11,17H,6-7,12-14H2,1-2H3,(H,23,25). The molecule has 1 saturated carbocycles. The molecule has 0 heterocycles. The number of nitrogens with zero attached hydrogens (tertiary/aromatic N) is 1. The van der Waals surface area contributed by atoms with Gasteiger partial charge in [-0.3, -0.25) is 9.69 Å². The largest absolute Gasteiger partial charge is 0.324 e. The smallest absolute Gasteiger partial charge is 0.238 e. The van der Waals surface area contributed by atoms with E-state index in [0.29, 0.717) is 19.0 Å². The van der Waals surface area contributed by atoms with Crippen LogP contribution in [0.3, 0.4) is 0 Å². The highest BCUT2D eigenvalue weighted by Crippen LogP contribution is 2.30. The van der Waals surface area contributed by atoms with E-state index in [-0.39, 0.29) is 11.7 Å². The second-order valence-corrected chi connectivity index (χ2v) is 7.05. The molecule has 0 spiro atoms. The van der Waals surface area contributed by atoms with E-state index in [4.69, 9.17) is 0 Å². The molecule has 1 fully saturated rings. The Bertz CT molecular complexity index is 718. The fourth-order valence-corrected chi connectivity index (χ4v) is 3.09. The molecule has 3 rings (SSSR count). The third-order valence-electron chi connectivity index (χ3n) is 4.65. The Balaban J connectivity index is 1.64. The summed E-state index contributed by atoms with van der Waals surface area (Å²) in [5, 5.41) is 3.06. The molecule has 1 amide bonds. The van der Waals surface area contributed by atoms with Gasteiger partial charge in [-0.25, -0.2) is 4.39 Å². The molecule has 2 aromatic rings. The molecule has 0 radical (unpaired) electrons. The molecule has 1 aliphatic rings. The molecule has 132 valence electrons. The van der Waals surface area contributed by atoms with Gasteiger partial charge in [0.2, 0.25) is 5.91 Å². The number of nitrogens with one attached hydrogen (secondary N) is 1. The summed E-state index contributed by atoms with van der Waals surface area (Å²) in [5.41, 5.74) is 4.07. The molecule has 0 atom stereocenters. The predicted molar refractivity (Wildman–Crippen MR) is 98.9 cm³/mol. The average molecular weight is 340 g/mol. The van der Waals surface area contributed by atoms with Crippen LogP contribution in [0, 0.1) is 25.6 Å². The van der Waals surface area contributed by atoms with Crippen LogP contribution in [-0.2, 0) is 11.3 Å². The lowest BCUT2D eigenvalue weighted by Crippen LogP contribution is -2.34. The van der Waals surface area contributed by atoms with Gasteiger partial charge in [0.1, 0.15) is 5.82 Å². The van der Waals surface area contributed by atoms with Crippen molar-refractivity contribution in [2.75, 3.05) is 18.4 Å². The van der Waals surface area contributed by atoms with Gasteiger partial charge in [0.25, 0.3) is 0 Å². The maximum atomic E-state index is 13.1. The molecular weight excluding hydrogens is 315 g/mol. The zero-order chi connectivity index (χ0) is 17.8. The predicted octanol–water partition coefficient (Wildman–Crippen LogP) is 4.29. The maximum absolute atomic E-state index is 13.1. The molecule has 25 heavy (non-hydrogen) atoms. The molecular formula is C21H25FN2O. The monoisotopic (exact) mass is 340 g/mol. The van der Waals surface area contributed by atoms with Crippen LogP contribution in [0.15, 0.2) is 42.5 Å². The zero-order valence-corrected chi connectivity index (χ0v) is 14.9. The second-order valence-electron chi connectivity index (χ2n) is 7.05. The van der Waals surface area contributed by atoms with Gasteiger partial charge < -0.3 is 5.32 Å². The first-order valence-electron chi connectivity index (χ1n) is 8.84. The van der Waals surface area contributed by atoms with E-state index in [9.17, 15) is 9.18 Å². The van der Waals surface area contributed by atoms with Crippen molar-refractivity contribution in [2.24, 2.45) is 5.92 Å². The zero-order valence-electron chi connectivity index (χ0n) is 14.9. The van der Waals surface area contributed by atoms with Crippen molar-refractivity contribution in [1.29, 1.82) is 0 Å². The molecule has 0 aromatic heterocycles. The third-order valence-corrected chi connectivity index (χ3v) is 4.65. The summed E-state index contributed by atoms with van der Waals surface area (Å²) >= 11 is 0. The van der Waals surface area contributed by atoms with Crippen molar-refractivity contribution < 1.29 is 9.18 Å². The highest BCUT2D eigenvalue weighted by molar-refractivity contribution is 5.93. The number of para-hydroxylation sites is 1. The molecule has 0 aliphatic heterocycles. The van der Waals surface area contributed by atoms with E-state index >= 15 is 0 Å². The Morgan fingerprint density at radius 1 is 1.12 bits per heavy atom. The van der Waals surface area contributed by atoms with Crippen molar-refractivity contribution in [3.8, 4) is 0 Å². The van der Waals surface area contributed by atoms with Crippen molar-refractivity contribution in [3.63, 3.8) is 0 Å². The van der Waals surface area contributed by atoms with E-state index in [0.717, 1.165) is 28.9 Å². The highest BCUT2D eigenvalue weighted by atomic mass is 19.1. The number of rotatable bonds is 7. The number of amides is 1. The molecule has 0 bridgehead atoms. The molecule has 4 heteroatoms. The van der Waals surface area contributed by atoms with E-state index in [1.54, 1.807) is 12.1 Å². The maximum Gasteiger partial charge on any atom is 0.238 e. The summed E-state index contributed by atoms with van der Waals surface area (Å²) < 4.78 is 13.1. The Labute approximate surface area is 148 Å². The minimum Gasteiger partial charge on any atom is -0.324 e. The number of benzene rings is 2. The Hall–Kier alpha value is -2.20. The quantitative estimate of drug-likeness (QED) is 0.815. The SMILES string of the molecule is Cc1cccc(C)c1NC(=O)CN(Cc1ccc(F)cc1)CC1CC1. The number of anilines is 1. The van der Waals surface area contributed by atoms with Gasteiger partial charge in [-0.05, 0) is 61.4 Å². The van der Waals surface area contributed by atoms with Crippen LogP contribution in [0.1, 0.15) is 29.5 Å². The number of hydrogen-bond acceptors (Lipinski definition) is 2. The van der Waals surface area contributed by atoms with E-state index < -0.39 is 0 Å². The summed E-state index contributed by atoms with van der Waals surface area (Å²) in [6.45, 7) is 5.93. The van der Waals surface area contributed by atoms with Crippen LogP contribution < -0.4 is 5.32 Å². The van der Waals surface area contributed by atoms with Gasteiger partial charge in [0, 0.05) is 18.8 Å². The molecule has 0 saturated heterocycles. The summed E-state index contributed by atoms with van der Waals surface area (Å²) in [6.07, 6.45) is 2.47. The summed E-state index contributed by atoms with van der Waals surface area (Å²) in [6, 6.07) is 12.5. The molecule has 2 aromatic carbocycles. The third kappa shape index (κ3) is 5.13. The first kappa shape index (κ1) is 17.6. The summed E-state index contributed by atoms with van der Waals surface area (Å²) in [5.74, 6) is 0.457. The van der Waals surface area contributed by atoms with Gasteiger partial charge in [-0.2, -0.15) is 0 Å². The van der Waals surface area contributed by atoms with Crippen molar-refractivity contribution in [3.05, 3.63) is 65.0 Å². The van der Waals surface area contributed by atoms with E-state index in [2.05, 4.69) is 10.2 Å². The minimum absolute atomic E-state index is 0.000150. The lowest BCUT2D eigenvalue weighted by atomic mass is 10.1. The fraction of sp³-hybridized carbons (Fsp3) is 0.381. The molecule has 3 nitrogen and oxygen atoms in total. The minimum atomic E-state index is -0.231. The summed E-state index contributed by atoms with van der Waals surface area (Å²) in [4.78, 5) is 14.7. The molecule has 1 aliphatic carbocycles. The van der Waals surface area contributed by atoms with Gasteiger partial charge in [-0.1, -0.05) is 30.3 Å². The lowest BCUT2D eigenvalue weighted by molar-refractivity contribution is -0.117. The summed E-state index contributed by atoms with van der Waals surface area (Å²) in [7, 11) is 0. The van der Waals surface area contributed by atoms with Crippen molar-refractivity contribution in [2.45, 2.75) is 33.2 Å². The van der Waals surface area contributed by atoms with E-state index in [1.807, 2.05) is 32.0 Å². The Morgan fingerprint density at radius 2 is 1.76 bits per heavy atom. The number of carbonyl (C=O) groups excluding carboxylic acids is 1. The molecule has 0 unspecified atom stereocenters. The lowest BCUT2D eigenvalue weighted by Gasteiger charge is -2.22. The Kier molecular flexibility index (Phi) is 5.49. The highest BCUT2D eigenvalue weighted by Gasteiger charge is 2.25. The van der Waals surface area contributed by atoms with Crippen LogP contribution in [0.2, 0.25) is 0 Å². The number of hydrogen-bond donors (Lipinski definition) is 1. The normalized spacial score (nSPS) is 13.9. The van der Waals surface area contributed by atoms with Crippen LogP contribution in [-0.4, -0.2) is 23.9 Å². The number of halogens is 1. The van der Waals surface area contributed by atoms with Crippen LogP contribution in [0.5, 0.6) is 0 Å². The van der Waals surface area contributed by atoms with Gasteiger partial charge in [-0.15, -0.1) is 0 Å². The first-order valence-corrected chi connectivity index (χ1v) is 8.84. The fourth-order valence-electron chi connectivity index (χ4n) is 3.09. The van der Waals surface area contributed by atoms with Crippen molar-refractivity contribution >= 4 is 11.6 Å². The average Bonchev–Trinajstić information content (AvgIpc) is 3.37. The van der Waals surface area contributed by atoms with Gasteiger partial charge >= 0.3 is 0 Å². The number of carbonyl (C=O) groups is 1. The topological polar surface area (TPSA) is 32.3 Å². The number of aryl methyl sites for hydroxylation is 2. The van der Waals surface area contributed by atoms with Gasteiger partial charge in [0.05, 0.1) is 6.54 Å². The molecule has 1 N–H and O–H groups in total. The van der Waals surface area contributed by atoms with Crippen LogP contribution in [0.4, 0.5) is 10.1 Å². The first-order chi connectivity index (χ1) is 12.0. The van der Waals surface area contributed by atoms with Crippen molar-refractivity contribution in [1.82, 2.24) is 4.90 Å². The second kappa shape index (κ2) is 7.79. The van der Waals surface area contributed by atoms with Gasteiger partial charge in [0.15, 0.2) is 0 Å². The van der Waals surface area contributed by atoms with Crippen LogP contribution in [0.25, 0.3) is 0 Å². The van der Waals surface area contributed by atoms with E-state index in [1.165, 1.54) is 25.0 Å². The Morgan fingerprint density at radius 3 is 2.36 bits per heavy atom.